The van der Waals surface area contributed by atoms with Crippen LogP contribution in [0.1, 0.15) is 23.2 Å². The van der Waals surface area contributed by atoms with Crippen LogP contribution < -0.4 is 4.90 Å². The van der Waals surface area contributed by atoms with Crippen molar-refractivity contribution in [1.29, 1.82) is 0 Å². The van der Waals surface area contributed by atoms with E-state index < -0.39 is 0 Å². The van der Waals surface area contributed by atoms with E-state index in [9.17, 15) is 4.79 Å². The third kappa shape index (κ3) is 3.55. The van der Waals surface area contributed by atoms with Crippen molar-refractivity contribution in [3.8, 4) is 0 Å². The van der Waals surface area contributed by atoms with Crippen LogP contribution in [-0.4, -0.2) is 54.2 Å². The van der Waals surface area contributed by atoms with E-state index in [0.717, 1.165) is 50.4 Å². The molecular formula is C20H22ClN3O2. The van der Waals surface area contributed by atoms with Crippen LogP contribution >= 0.6 is 11.6 Å². The van der Waals surface area contributed by atoms with Gasteiger partial charge in [0.15, 0.2) is 0 Å². The van der Waals surface area contributed by atoms with Gasteiger partial charge in [-0.05, 0) is 37.1 Å². The minimum atomic E-state index is -0.201. The number of likely N-dealkylation sites (tertiary alicyclic amines) is 1. The first-order valence-electron chi connectivity index (χ1n) is 9.00. The molecule has 136 valence electrons. The molecule has 0 aliphatic carbocycles. The lowest BCUT2D eigenvalue weighted by Crippen LogP contribution is -2.57. The largest absolute Gasteiger partial charge is 0.371 e. The Bertz CT molecular complexity index is 758. The number of benzene rings is 1. The zero-order chi connectivity index (χ0) is 18.0. The van der Waals surface area contributed by atoms with Gasteiger partial charge in [-0.25, -0.2) is 4.98 Å². The van der Waals surface area contributed by atoms with E-state index in [1.165, 1.54) is 0 Å². The standard InChI is InChI=1S/C20H22ClN3O2/c21-17-6-7-18(22-14-17)24-12-13-26-20(15-24)8-10-23(11-9-20)19(25)16-4-2-1-3-5-16/h1-7,14H,8-13,15H2. The molecule has 2 aliphatic heterocycles. The molecule has 0 saturated carbocycles. The third-order valence-electron chi connectivity index (χ3n) is 5.27. The van der Waals surface area contributed by atoms with Crippen LogP contribution in [0.15, 0.2) is 48.7 Å². The summed E-state index contributed by atoms with van der Waals surface area (Å²) in [7, 11) is 0. The Hall–Kier alpha value is -2.11. The third-order valence-corrected chi connectivity index (χ3v) is 5.49. The summed E-state index contributed by atoms with van der Waals surface area (Å²) in [5.41, 5.74) is 0.549. The summed E-state index contributed by atoms with van der Waals surface area (Å²) in [5.74, 6) is 1.03. The molecular weight excluding hydrogens is 350 g/mol. The van der Waals surface area contributed by atoms with Gasteiger partial charge in [0, 0.05) is 37.9 Å². The zero-order valence-corrected chi connectivity index (χ0v) is 15.4. The maximum absolute atomic E-state index is 12.6. The number of amides is 1. The number of carbonyl (C=O) groups is 1. The Morgan fingerprint density at radius 2 is 1.85 bits per heavy atom. The van der Waals surface area contributed by atoms with Crippen molar-refractivity contribution >= 4 is 23.3 Å². The highest BCUT2D eigenvalue weighted by Crippen LogP contribution is 2.32. The fraction of sp³-hybridized carbons (Fsp3) is 0.400. The molecule has 3 heterocycles. The van der Waals surface area contributed by atoms with Gasteiger partial charge in [-0.15, -0.1) is 0 Å². The van der Waals surface area contributed by atoms with Gasteiger partial charge in [0.05, 0.1) is 17.2 Å². The molecule has 1 aromatic heterocycles. The van der Waals surface area contributed by atoms with Crippen molar-refractivity contribution in [1.82, 2.24) is 9.88 Å². The second-order valence-corrected chi connectivity index (χ2v) is 7.38. The number of ether oxygens (including phenoxy) is 1. The topological polar surface area (TPSA) is 45.7 Å². The maximum atomic E-state index is 12.6. The molecule has 0 bridgehead atoms. The van der Waals surface area contributed by atoms with Gasteiger partial charge in [-0.2, -0.15) is 0 Å². The Balaban J connectivity index is 1.41. The van der Waals surface area contributed by atoms with E-state index in [-0.39, 0.29) is 11.5 Å². The molecule has 0 atom stereocenters. The summed E-state index contributed by atoms with van der Waals surface area (Å²) >= 11 is 5.95. The lowest BCUT2D eigenvalue weighted by Gasteiger charge is -2.47. The van der Waals surface area contributed by atoms with Crippen LogP contribution in [-0.2, 0) is 4.74 Å². The SMILES string of the molecule is O=C(c1ccccc1)N1CCC2(CC1)CN(c1ccc(Cl)cn1)CCO2. The summed E-state index contributed by atoms with van der Waals surface area (Å²) in [5, 5.41) is 0.643. The molecule has 1 aromatic carbocycles. The van der Waals surface area contributed by atoms with Crippen molar-refractivity contribution in [2.75, 3.05) is 37.7 Å². The molecule has 0 N–H and O–H groups in total. The number of hydrogen-bond acceptors (Lipinski definition) is 4. The van der Waals surface area contributed by atoms with Crippen molar-refractivity contribution < 1.29 is 9.53 Å². The van der Waals surface area contributed by atoms with Gasteiger partial charge in [0.25, 0.3) is 5.91 Å². The summed E-state index contributed by atoms with van der Waals surface area (Å²) in [6.45, 7) is 3.74. The molecule has 0 radical (unpaired) electrons. The molecule has 1 spiro atoms. The van der Waals surface area contributed by atoms with Crippen LogP contribution in [0.4, 0.5) is 5.82 Å². The minimum absolute atomic E-state index is 0.104. The Morgan fingerprint density at radius 3 is 2.54 bits per heavy atom. The Kier molecular flexibility index (Phi) is 4.83. The van der Waals surface area contributed by atoms with Gasteiger partial charge in [0.1, 0.15) is 5.82 Å². The van der Waals surface area contributed by atoms with E-state index in [1.54, 1.807) is 6.20 Å². The average molecular weight is 372 g/mol. The molecule has 2 fully saturated rings. The lowest BCUT2D eigenvalue weighted by molar-refractivity contribution is -0.0870. The van der Waals surface area contributed by atoms with Crippen LogP contribution in [0, 0.1) is 0 Å². The van der Waals surface area contributed by atoms with E-state index >= 15 is 0 Å². The number of nitrogens with zero attached hydrogens (tertiary/aromatic N) is 3. The molecule has 6 heteroatoms. The molecule has 0 unspecified atom stereocenters. The number of morpholine rings is 1. The number of anilines is 1. The first-order valence-corrected chi connectivity index (χ1v) is 9.38. The first kappa shape index (κ1) is 17.3. The number of pyridine rings is 1. The molecule has 26 heavy (non-hydrogen) atoms. The van der Waals surface area contributed by atoms with E-state index in [0.29, 0.717) is 11.6 Å². The number of halogens is 1. The summed E-state index contributed by atoms with van der Waals surface area (Å²) in [4.78, 5) is 21.3. The lowest BCUT2D eigenvalue weighted by atomic mass is 9.89. The second-order valence-electron chi connectivity index (χ2n) is 6.95. The molecule has 2 aliphatic rings. The van der Waals surface area contributed by atoms with Crippen LogP contribution in [0.3, 0.4) is 0 Å². The minimum Gasteiger partial charge on any atom is -0.371 e. The fourth-order valence-electron chi connectivity index (χ4n) is 3.78. The van der Waals surface area contributed by atoms with Gasteiger partial charge < -0.3 is 14.5 Å². The van der Waals surface area contributed by atoms with Gasteiger partial charge in [-0.1, -0.05) is 29.8 Å². The predicted molar refractivity (Wildman–Crippen MR) is 102 cm³/mol. The Labute approximate surface area is 158 Å². The quantitative estimate of drug-likeness (QED) is 0.813. The first-order chi connectivity index (χ1) is 12.7. The van der Waals surface area contributed by atoms with Crippen LogP contribution in [0.5, 0.6) is 0 Å². The van der Waals surface area contributed by atoms with Crippen molar-refractivity contribution in [3.63, 3.8) is 0 Å². The number of aromatic nitrogens is 1. The number of carbonyl (C=O) groups excluding carboxylic acids is 1. The molecule has 2 aromatic rings. The van der Waals surface area contributed by atoms with Crippen LogP contribution in [0.25, 0.3) is 0 Å². The number of hydrogen-bond donors (Lipinski definition) is 0. The number of piperidine rings is 1. The highest BCUT2D eigenvalue weighted by atomic mass is 35.5. The number of rotatable bonds is 2. The molecule has 2 saturated heterocycles. The van der Waals surface area contributed by atoms with E-state index in [1.807, 2.05) is 47.4 Å². The highest BCUT2D eigenvalue weighted by molar-refractivity contribution is 6.30. The van der Waals surface area contributed by atoms with Gasteiger partial charge in [-0.3, -0.25) is 4.79 Å². The monoisotopic (exact) mass is 371 g/mol. The average Bonchev–Trinajstić information content (AvgIpc) is 2.69. The summed E-state index contributed by atoms with van der Waals surface area (Å²) < 4.78 is 6.18. The van der Waals surface area contributed by atoms with Gasteiger partial charge in [0.2, 0.25) is 0 Å². The predicted octanol–water partition coefficient (Wildman–Crippen LogP) is 3.25. The van der Waals surface area contributed by atoms with E-state index in [2.05, 4.69) is 9.88 Å². The molecule has 1 amide bonds. The molecule has 5 nitrogen and oxygen atoms in total. The summed E-state index contributed by atoms with van der Waals surface area (Å²) in [6, 6.07) is 13.3. The second kappa shape index (κ2) is 7.25. The zero-order valence-electron chi connectivity index (χ0n) is 14.6. The molecule has 4 rings (SSSR count). The fourth-order valence-corrected chi connectivity index (χ4v) is 3.89. The smallest absolute Gasteiger partial charge is 0.253 e. The van der Waals surface area contributed by atoms with Crippen molar-refractivity contribution in [2.24, 2.45) is 0 Å². The normalized spacial score (nSPS) is 19.6. The van der Waals surface area contributed by atoms with Crippen molar-refractivity contribution in [3.05, 3.63) is 59.2 Å². The van der Waals surface area contributed by atoms with Gasteiger partial charge >= 0.3 is 0 Å². The van der Waals surface area contributed by atoms with Crippen molar-refractivity contribution in [2.45, 2.75) is 18.4 Å². The Morgan fingerprint density at radius 1 is 1.08 bits per heavy atom. The van der Waals surface area contributed by atoms with Crippen LogP contribution in [0.2, 0.25) is 5.02 Å². The summed E-state index contributed by atoms with van der Waals surface area (Å²) in [6.07, 6.45) is 3.37. The highest BCUT2D eigenvalue weighted by Gasteiger charge is 2.41. The maximum Gasteiger partial charge on any atom is 0.253 e. The van der Waals surface area contributed by atoms with E-state index in [4.69, 9.17) is 16.3 Å².